The van der Waals surface area contributed by atoms with Crippen molar-refractivity contribution in [2.24, 2.45) is 5.41 Å². The number of rotatable bonds is 4. The summed E-state index contributed by atoms with van der Waals surface area (Å²) >= 11 is 0. The van der Waals surface area contributed by atoms with Gasteiger partial charge in [0.1, 0.15) is 11.6 Å². The van der Waals surface area contributed by atoms with Crippen molar-refractivity contribution in [2.45, 2.75) is 26.8 Å². The molecule has 0 radical (unpaired) electrons. The Hall–Kier alpha value is -2.11. The van der Waals surface area contributed by atoms with Crippen LogP contribution in [0.2, 0.25) is 0 Å². The number of hydrogen-bond donors (Lipinski definition) is 2. The van der Waals surface area contributed by atoms with Gasteiger partial charge >= 0.3 is 5.97 Å². The molecule has 6 nitrogen and oxygen atoms in total. The fraction of sp³-hybridized carbons (Fsp3) is 0.462. The van der Waals surface area contributed by atoms with Crippen LogP contribution in [0.3, 0.4) is 0 Å². The lowest BCUT2D eigenvalue weighted by Crippen LogP contribution is -2.49. The van der Waals surface area contributed by atoms with Crippen molar-refractivity contribution in [3.8, 4) is 5.88 Å². The summed E-state index contributed by atoms with van der Waals surface area (Å²) < 4.78 is 4.97. The molecule has 0 bridgehead atoms. The highest BCUT2D eigenvalue weighted by Crippen LogP contribution is 2.21. The molecular weight excluding hydrogens is 248 g/mol. The average Bonchev–Trinajstić information content (AvgIpc) is 2.33. The molecule has 0 fully saturated rings. The van der Waals surface area contributed by atoms with Crippen LogP contribution in [-0.2, 0) is 4.79 Å². The fourth-order valence-electron chi connectivity index (χ4n) is 1.58. The summed E-state index contributed by atoms with van der Waals surface area (Å²) in [7, 11) is 1.40. The number of hydrogen-bond acceptors (Lipinski definition) is 4. The minimum absolute atomic E-state index is 0.165. The maximum atomic E-state index is 12.1. The van der Waals surface area contributed by atoms with Crippen molar-refractivity contribution >= 4 is 11.9 Å². The maximum Gasteiger partial charge on any atom is 0.326 e. The summed E-state index contributed by atoms with van der Waals surface area (Å²) in [6, 6.07) is 2.12. The van der Waals surface area contributed by atoms with Crippen molar-refractivity contribution in [3.63, 3.8) is 0 Å². The van der Waals surface area contributed by atoms with Gasteiger partial charge in [-0.25, -0.2) is 9.78 Å². The van der Waals surface area contributed by atoms with Gasteiger partial charge in [-0.3, -0.25) is 4.79 Å². The second kappa shape index (κ2) is 5.69. The van der Waals surface area contributed by atoms with E-state index in [2.05, 4.69) is 10.3 Å². The van der Waals surface area contributed by atoms with Gasteiger partial charge in [0, 0.05) is 6.20 Å². The molecule has 19 heavy (non-hydrogen) atoms. The predicted molar refractivity (Wildman–Crippen MR) is 69.1 cm³/mol. The monoisotopic (exact) mass is 266 g/mol. The third-order valence-electron chi connectivity index (χ3n) is 2.60. The molecule has 0 saturated carbocycles. The van der Waals surface area contributed by atoms with Gasteiger partial charge in [-0.15, -0.1) is 0 Å². The highest BCUT2D eigenvalue weighted by Gasteiger charge is 2.33. The molecule has 1 heterocycles. The summed E-state index contributed by atoms with van der Waals surface area (Å²) in [5.41, 5.74) is -0.391. The summed E-state index contributed by atoms with van der Waals surface area (Å²) in [4.78, 5) is 27.2. The predicted octanol–water partition coefficient (Wildman–Crippen LogP) is 1.32. The lowest BCUT2D eigenvalue weighted by atomic mass is 9.86. The third kappa shape index (κ3) is 3.67. The van der Waals surface area contributed by atoms with Gasteiger partial charge in [-0.2, -0.15) is 0 Å². The Morgan fingerprint density at radius 1 is 1.42 bits per heavy atom. The van der Waals surface area contributed by atoms with E-state index in [9.17, 15) is 9.59 Å². The lowest BCUT2D eigenvalue weighted by molar-refractivity contribution is -0.142. The van der Waals surface area contributed by atoms with Crippen LogP contribution in [0.15, 0.2) is 18.3 Å². The van der Waals surface area contributed by atoms with E-state index in [0.29, 0.717) is 0 Å². The quantitative estimate of drug-likeness (QED) is 0.858. The summed E-state index contributed by atoms with van der Waals surface area (Å²) in [6.45, 7) is 5.23. The summed E-state index contributed by atoms with van der Waals surface area (Å²) in [5, 5.41) is 11.7. The molecule has 0 unspecified atom stereocenters. The Bertz CT molecular complexity index is 480. The molecule has 1 rings (SSSR count). The van der Waals surface area contributed by atoms with Gasteiger partial charge < -0.3 is 15.2 Å². The van der Waals surface area contributed by atoms with E-state index in [1.807, 2.05) is 0 Å². The van der Waals surface area contributed by atoms with Crippen LogP contribution in [0.25, 0.3) is 0 Å². The number of ether oxygens (including phenoxy) is 1. The van der Waals surface area contributed by atoms with E-state index in [-0.39, 0.29) is 11.4 Å². The molecule has 0 aliphatic carbocycles. The second-order valence-electron chi connectivity index (χ2n) is 5.17. The first-order valence-corrected chi connectivity index (χ1v) is 5.80. The first-order chi connectivity index (χ1) is 8.77. The van der Waals surface area contributed by atoms with Gasteiger partial charge in [0.25, 0.3) is 5.91 Å². The molecule has 6 heteroatoms. The van der Waals surface area contributed by atoms with Gasteiger partial charge in [-0.1, -0.05) is 20.8 Å². The van der Waals surface area contributed by atoms with E-state index >= 15 is 0 Å². The highest BCUT2D eigenvalue weighted by atomic mass is 16.5. The third-order valence-corrected chi connectivity index (χ3v) is 2.60. The molecule has 1 aromatic heterocycles. The Kier molecular flexibility index (Phi) is 4.47. The Labute approximate surface area is 111 Å². The SMILES string of the molecule is COc1ncccc1C(=O)N[C@@H](C(=O)O)C(C)(C)C. The zero-order valence-electron chi connectivity index (χ0n) is 11.4. The first-order valence-electron chi connectivity index (χ1n) is 5.80. The largest absolute Gasteiger partial charge is 0.480 e. The van der Waals surface area contributed by atoms with Crippen LogP contribution < -0.4 is 10.1 Å². The average molecular weight is 266 g/mol. The number of pyridine rings is 1. The molecule has 0 aliphatic rings. The number of aliphatic carboxylic acids is 1. The van der Waals surface area contributed by atoms with Crippen LogP contribution in [0, 0.1) is 5.41 Å². The standard InChI is InChI=1S/C13H18N2O4/c1-13(2,3)9(12(17)18)15-10(16)8-6-5-7-14-11(8)19-4/h5-7,9H,1-4H3,(H,15,16)(H,17,18)/t9-/m0/s1. The fourth-order valence-corrected chi connectivity index (χ4v) is 1.58. The van der Waals surface area contributed by atoms with E-state index in [1.165, 1.54) is 19.4 Å². The number of carboxylic acid groups (broad SMARTS) is 1. The number of nitrogens with zero attached hydrogens (tertiary/aromatic N) is 1. The summed E-state index contributed by atoms with van der Waals surface area (Å²) in [6.07, 6.45) is 1.49. The molecule has 1 atom stereocenters. The zero-order chi connectivity index (χ0) is 14.6. The molecule has 0 saturated heterocycles. The van der Waals surface area contributed by atoms with Crippen LogP contribution in [0.4, 0.5) is 0 Å². The van der Waals surface area contributed by atoms with Crippen LogP contribution in [0.5, 0.6) is 5.88 Å². The molecule has 104 valence electrons. The number of nitrogens with one attached hydrogen (secondary N) is 1. The topological polar surface area (TPSA) is 88.5 Å². The lowest BCUT2D eigenvalue weighted by Gasteiger charge is -2.27. The highest BCUT2D eigenvalue weighted by molar-refractivity contribution is 5.98. The number of carbonyl (C=O) groups excluding carboxylic acids is 1. The smallest absolute Gasteiger partial charge is 0.326 e. The van der Waals surface area contributed by atoms with E-state index in [0.717, 1.165) is 0 Å². The minimum Gasteiger partial charge on any atom is -0.480 e. The van der Waals surface area contributed by atoms with E-state index in [4.69, 9.17) is 9.84 Å². The number of methoxy groups -OCH3 is 1. The Morgan fingerprint density at radius 2 is 2.05 bits per heavy atom. The normalized spacial score (nSPS) is 12.6. The molecule has 0 spiro atoms. The molecule has 0 aliphatic heterocycles. The van der Waals surface area contributed by atoms with Gasteiger partial charge in [0.15, 0.2) is 0 Å². The Balaban J connectivity index is 2.98. The Morgan fingerprint density at radius 3 is 2.53 bits per heavy atom. The second-order valence-corrected chi connectivity index (χ2v) is 5.17. The number of carbonyl (C=O) groups is 2. The number of aromatic nitrogens is 1. The number of amides is 1. The maximum absolute atomic E-state index is 12.1. The van der Waals surface area contributed by atoms with Crippen molar-refractivity contribution in [1.29, 1.82) is 0 Å². The van der Waals surface area contributed by atoms with Crippen LogP contribution in [-0.4, -0.2) is 35.1 Å². The van der Waals surface area contributed by atoms with E-state index in [1.54, 1.807) is 26.8 Å². The first kappa shape index (κ1) is 14.9. The summed E-state index contributed by atoms with van der Waals surface area (Å²) in [5.74, 6) is -1.44. The van der Waals surface area contributed by atoms with Gasteiger partial charge in [-0.05, 0) is 17.5 Å². The molecule has 0 aromatic carbocycles. The van der Waals surface area contributed by atoms with Crippen LogP contribution >= 0.6 is 0 Å². The van der Waals surface area contributed by atoms with Crippen LogP contribution in [0.1, 0.15) is 31.1 Å². The number of carboxylic acids is 1. The molecule has 1 amide bonds. The van der Waals surface area contributed by atoms with Crippen molar-refractivity contribution in [3.05, 3.63) is 23.9 Å². The molecule has 2 N–H and O–H groups in total. The minimum atomic E-state index is -1.08. The van der Waals surface area contributed by atoms with Crippen molar-refractivity contribution in [2.75, 3.05) is 7.11 Å². The zero-order valence-corrected chi connectivity index (χ0v) is 11.4. The molecule has 1 aromatic rings. The van der Waals surface area contributed by atoms with Gasteiger partial charge in [0.2, 0.25) is 5.88 Å². The van der Waals surface area contributed by atoms with Crippen molar-refractivity contribution < 1.29 is 19.4 Å². The van der Waals surface area contributed by atoms with E-state index < -0.39 is 23.3 Å². The molecular formula is C13H18N2O4. The van der Waals surface area contributed by atoms with Gasteiger partial charge in [0.05, 0.1) is 7.11 Å². The van der Waals surface area contributed by atoms with Crippen molar-refractivity contribution in [1.82, 2.24) is 10.3 Å².